The van der Waals surface area contributed by atoms with Crippen molar-refractivity contribution in [3.8, 4) is 0 Å². The van der Waals surface area contributed by atoms with Gasteiger partial charge in [0, 0.05) is 0 Å². The van der Waals surface area contributed by atoms with Crippen molar-refractivity contribution in [3.63, 3.8) is 0 Å². The summed E-state index contributed by atoms with van der Waals surface area (Å²) >= 11 is 13.0. The molecule has 31 heavy (non-hydrogen) atoms. The van der Waals surface area contributed by atoms with Crippen molar-refractivity contribution in [1.29, 1.82) is 0 Å². The molecule has 0 radical (unpaired) electrons. The van der Waals surface area contributed by atoms with E-state index in [1.165, 1.54) is 25.1 Å². The van der Waals surface area contributed by atoms with Crippen LogP contribution in [0.5, 0.6) is 0 Å². The van der Waals surface area contributed by atoms with E-state index < -0.39 is 28.0 Å². The highest BCUT2D eigenvalue weighted by molar-refractivity contribution is 7.94. The molecule has 0 aliphatic heterocycles. The number of para-hydroxylation sites is 1. The molecule has 162 valence electrons. The number of rotatable bonds is 7. The third kappa shape index (κ3) is 5.56. The van der Waals surface area contributed by atoms with Crippen molar-refractivity contribution in [2.45, 2.75) is 17.2 Å². The van der Waals surface area contributed by atoms with Crippen molar-refractivity contribution in [1.82, 2.24) is 0 Å². The number of halogens is 2. The number of ether oxygens (including phenoxy) is 1. The molecule has 1 unspecified atom stereocenters. The lowest BCUT2D eigenvalue weighted by Gasteiger charge is -2.16. The van der Waals surface area contributed by atoms with E-state index in [9.17, 15) is 18.0 Å². The van der Waals surface area contributed by atoms with Crippen LogP contribution < -0.4 is 10.0 Å². The molecule has 0 fully saturated rings. The second kappa shape index (κ2) is 9.69. The van der Waals surface area contributed by atoms with Gasteiger partial charge in [0.25, 0.3) is 15.9 Å². The van der Waals surface area contributed by atoms with Gasteiger partial charge >= 0.3 is 5.97 Å². The number of thiophene rings is 1. The van der Waals surface area contributed by atoms with Gasteiger partial charge in [0.05, 0.1) is 27.0 Å². The molecule has 2 N–H and O–H groups in total. The van der Waals surface area contributed by atoms with Gasteiger partial charge in [0.1, 0.15) is 4.21 Å². The maximum atomic E-state index is 12.6. The van der Waals surface area contributed by atoms with E-state index >= 15 is 0 Å². The van der Waals surface area contributed by atoms with Crippen LogP contribution in [0.2, 0.25) is 10.0 Å². The zero-order valence-corrected chi connectivity index (χ0v) is 19.1. The molecule has 0 aliphatic rings. The van der Waals surface area contributed by atoms with Gasteiger partial charge in [-0.1, -0.05) is 47.5 Å². The molecule has 1 aromatic heterocycles. The van der Waals surface area contributed by atoms with Gasteiger partial charge in [-0.3, -0.25) is 9.52 Å². The minimum Gasteiger partial charge on any atom is -0.449 e. The van der Waals surface area contributed by atoms with Crippen LogP contribution in [0, 0.1) is 0 Å². The lowest BCUT2D eigenvalue weighted by molar-refractivity contribution is -0.123. The number of carbonyl (C=O) groups excluding carboxylic acids is 2. The summed E-state index contributed by atoms with van der Waals surface area (Å²) in [6, 6.07) is 13.7. The zero-order chi connectivity index (χ0) is 22.6. The summed E-state index contributed by atoms with van der Waals surface area (Å²) in [4.78, 5) is 25.1. The Bertz CT molecular complexity index is 1210. The third-order valence-electron chi connectivity index (χ3n) is 4.01. The van der Waals surface area contributed by atoms with Gasteiger partial charge in [0.15, 0.2) is 6.10 Å². The first kappa shape index (κ1) is 23.1. The van der Waals surface area contributed by atoms with Crippen LogP contribution in [0.3, 0.4) is 0 Å². The number of sulfonamides is 1. The topological polar surface area (TPSA) is 102 Å². The Morgan fingerprint density at radius 3 is 2.42 bits per heavy atom. The molecule has 1 atom stereocenters. The summed E-state index contributed by atoms with van der Waals surface area (Å²) < 4.78 is 32.7. The Labute approximate surface area is 193 Å². The van der Waals surface area contributed by atoms with Crippen LogP contribution in [0.25, 0.3) is 0 Å². The summed E-state index contributed by atoms with van der Waals surface area (Å²) in [5, 5.41) is 4.58. The molecule has 0 spiro atoms. The maximum Gasteiger partial charge on any atom is 0.341 e. The van der Waals surface area contributed by atoms with Gasteiger partial charge in [-0.15, -0.1) is 11.3 Å². The average molecular weight is 499 g/mol. The first-order chi connectivity index (χ1) is 14.7. The Kier molecular flexibility index (Phi) is 7.22. The van der Waals surface area contributed by atoms with Crippen LogP contribution >= 0.6 is 34.5 Å². The van der Waals surface area contributed by atoms with E-state index in [1.54, 1.807) is 41.8 Å². The maximum absolute atomic E-state index is 12.6. The largest absolute Gasteiger partial charge is 0.449 e. The Balaban J connectivity index is 1.73. The molecule has 11 heteroatoms. The summed E-state index contributed by atoms with van der Waals surface area (Å²) in [6.07, 6.45) is -1.19. The van der Waals surface area contributed by atoms with Gasteiger partial charge < -0.3 is 10.1 Å². The van der Waals surface area contributed by atoms with Crippen molar-refractivity contribution in [2.75, 3.05) is 10.0 Å². The number of esters is 1. The smallest absolute Gasteiger partial charge is 0.341 e. The highest BCUT2D eigenvalue weighted by Gasteiger charge is 2.24. The SMILES string of the molecule is CC(OC(=O)c1ccccc1NS(=O)(=O)c1cccs1)C(=O)Nc1cccc(Cl)c1Cl. The molecule has 1 heterocycles. The van der Waals surface area contributed by atoms with Gasteiger partial charge in [-0.25, -0.2) is 13.2 Å². The standard InChI is InChI=1S/C20H16Cl2N2O5S2/c1-12(19(25)23-16-9-4-7-14(21)18(16)22)29-20(26)13-6-2-3-8-15(13)24-31(27,28)17-10-5-11-30-17/h2-12,24H,1H3,(H,23,25). The normalized spacial score (nSPS) is 12.1. The molecular weight excluding hydrogens is 483 g/mol. The Hall–Kier alpha value is -2.59. The molecule has 0 bridgehead atoms. The van der Waals surface area contributed by atoms with Gasteiger partial charge in [0.2, 0.25) is 0 Å². The van der Waals surface area contributed by atoms with Gasteiger partial charge in [-0.2, -0.15) is 0 Å². The fraction of sp³-hybridized carbons (Fsp3) is 0.100. The Morgan fingerprint density at radius 2 is 1.71 bits per heavy atom. The highest BCUT2D eigenvalue weighted by atomic mass is 35.5. The predicted octanol–water partition coefficient (Wildman–Crippen LogP) is 5.04. The summed E-state index contributed by atoms with van der Waals surface area (Å²) in [5.74, 6) is -1.50. The molecule has 0 aliphatic carbocycles. The number of nitrogens with one attached hydrogen (secondary N) is 2. The minimum absolute atomic E-state index is 0.0337. The summed E-state index contributed by atoms with van der Waals surface area (Å²) in [7, 11) is -3.87. The minimum atomic E-state index is -3.87. The van der Waals surface area contributed by atoms with E-state index in [0.717, 1.165) is 11.3 Å². The summed E-state index contributed by atoms with van der Waals surface area (Å²) in [5.41, 5.74) is 0.264. The van der Waals surface area contributed by atoms with Crippen molar-refractivity contribution in [2.24, 2.45) is 0 Å². The van der Waals surface area contributed by atoms with Crippen LogP contribution in [0.4, 0.5) is 11.4 Å². The average Bonchev–Trinajstić information content (AvgIpc) is 3.27. The monoisotopic (exact) mass is 498 g/mol. The first-order valence-electron chi connectivity index (χ1n) is 8.80. The number of anilines is 2. The number of benzene rings is 2. The molecule has 2 aromatic carbocycles. The Morgan fingerprint density at radius 1 is 1.00 bits per heavy atom. The summed E-state index contributed by atoms with van der Waals surface area (Å²) in [6.45, 7) is 1.38. The third-order valence-corrected chi connectivity index (χ3v) is 7.60. The van der Waals surface area contributed by atoms with Crippen LogP contribution in [0.15, 0.2) is 64.2 Å². The molecule has 3 rings (SSSR count). The second-order valence-electron chi connectivity index (χ2n) is 6.22. The fourth-order valence-corrected chi connectivity index (χ4v) is 4.89. The van der Waals surface area contributed by atoms with E-state index in [4.69, 9.17) is 27.9 Å². The van der Waals surface area contributed by atoms with E-state index in [0.29, 0.717) is 0 Å². The van der Waals surface area contributed by atoms with Gasteiger partial charge in [-0.05, 0) is 42.6 Å². The zero-order valence-electron chi connectivity index (χ0n) is 16.0. The lowest BCUT2D eigenvalue weighted by atomic mass is 10.2. The van der Waals surface area contributed by atoms with Crippen molar-refractivity contribution in [3.05, 3.63) is 75.6 Å². The quantitative estimate of drug-likeness (QED) is 0.444. The second-order valence-corrected chi connectivity index (χ2v) is 9.86. The molecule has 0 saturated heterocycles. The van der Waals surface area contributed by atoms with E-state index in [-0.39, 0.29) is 31.2 Å². The number of hydrogen-bond acceptors (Lipinski definition) is 6. The molecule has 0 saturated carbocycles. The number of amides is 1. The van der Waals surface area contributed by atoms with Crippen LogP contribution in [0.1, 0.15) is 17.3 Å². The lowest BCUT2D eigenvalue weighted by Crippen LogP contribution is -2.30. The molecule has 1 amide bonds. The number of carbonyl (C=O) groups is 2. The molecule has 7 nitrogen and oxygen atoms in total. The van der Waals surface area contributed by atoms with E-state index in [2.05, 4.69) is 10.0 Å². The number of hydrogen-bond donors (Lipinski definition) is 2. The molecular formula is C20H16Cl2N2O5S2. The highest BCUT2D eigenvalue weighted by Crippen LogP contribution is 2.30. The first-order valence-corrected chi connectivity index (χ1v) is 11.9. The van der Waals surface area contributed by atoms with Crippen molar-refractivity contribution >= 4 is 67.8 Å². The van der Waals surface area contributed by atoms with Crippen LogP contribution in [-0.4, -0.2) is 26.4 Å². The molecule has 3 aromatic rings. The predicted molar refractivity (Wildman–Crippen MR) is 122 cm³/mol. The fourth-order valence-electron chi connectivity index (χ4n) is 2.47. The van der Waals surface area contributed by atoms with E-state index in [1.807, 2.05) is 0 Å². The van der Waals surface area contributed by atoms with Crippen molar-refractivity contribution < 1.29 is 22.7 Å². The van der Waals surface area contributed by atoms with Crippen LogP contribution in [-0.2, 0) is 19.6 Å².